The Morgan fingerprint density at radius 2 is 1.67 bits per heavy atom. The number of rotatable bonds is 1. The van der Waals surface area contributed by atoms with Crippen LogP contribution in [0.3, 0.4) is 0 Å². The van der Waals surface area contributed by atoms with Crippen LogP contribution in [0.4, 0.5) is 0 Å². The van der Waals surface area contributed by atoms with E-state index in [4.69, 9.17) is 0 Å². The summed E-state index contributed by atoms with van der Waals surface area (Å²) in [6, 6.07) is 7.83. The molecule has 2 fully saturated rings. The molecule has 0 radical (unpaired) electrons. The van der Waals surface area contributed by atoms with Crippen molar-refractivity contribution in [1.82, 2.24) is 5.32 Å². The lowest BCUT2D eigenvalue weighted by molar-refractivity contribution is 0.0411. The number of aryl methyl sites for hydroxylation is 2. The molecule has 1 aromatic carbocycles. The summed E-state index contributed by atoms with van der Waals surface area (Å²) in [6.07, 6.45) is 5.60. The molecule has 1 atom stereocenters. The molecule has 1 N–H and O–H groups in total. The lowest BCUT2D eigenvalue weighted by atomic mass is 9.61. The third-order valence-corrected chi connectivity index (χ3v) is 5.38. The van der Waals surface area contributed by atoms with Gasteiger partial charge in [-0.1, -0.05) is 29.3 Å². The lowest BCUT2D eigenvalue weighted by Crippen LogP contribution is -2.61. The summed E-state index contributed by atoms with van der Waals surface area (Å²) < 4.78 is 0. The highest BCUT2D eigenvalue weighted by Gasteiger charge is 2.45. The second-order valence-electron chi connectivity index (χ2n) is 6.66. The van der Waals surface area contributed by atoms with Gasteiger partial charge in [0, 0.05) is 12.6 Å². The SMILES string of the molecule is Cc1cc(C)cc(C2CCC3(CC2)CNC3C)c1. The van der Waals surface area contributed by atoms with Crippen molar-refractivity contribution < 1.29 is 0 Å². The van der Waals surface area contributed by atoms with Crippen molar-refractivity contribution in [2.45, 2.75) is 58.4 Å². The van der Waals surface area contributed by atoms with Crippen LogP contribution in [0.15, 0.2) is 18.2 Å². The zero-order valence-corrected chi connectivity index (χ0v) is 11.9. The molecule has 1 heterocycles. The molecule has 3 rings (SSSR count). The second kappa shape index (κ2) is 4.38. The quantitative estimate of drug-likeness (QED) is 0.788. The molecule has 98 valence electrons. The van der Waals surface area contributed by atoms with Gasteiger partial charge in [-0.2, -0.15) is 0 Å². The second-order valence-corrected chi connectivity index (χ2v) is 6.66. The molecule has 1 aliphatic carbocycles. The van der Waals surface area contributed by atoms with E-state index in [1.165, 1.54) is 43.4 Å². The third kappa shape index (κ3) is 1.99. The average Bonchev–Trinajstić information content (AvgIpc) is 2.36. The van der Waals surface area contributed by atoms with E-state index in [9.17, 15) is 0 Å². The van der Waals surface area contributed by atoms with Crippen molar-refractivity contribution in [3.8, 4) is 0 Å². The van der Waals surface area contributed by atoms with Gasteiger partial charge in [-0.3, -0.25) is 0 Å². The maximum atomic E-state index is 3.54. The average molecular weight is 243 g/mol. The molecule has 1 saturated carbocycles. The summed E-state index contributed by atoms with van der Waals surface area (Å²) >= 11 is 0. The van der Waals surface area contributed by atoms with Gasteiger partial charge in [-0.25, -0.2) is 0 Å². The molecule has 1 saturated heterocycles. The summed E-state index contributed by atoms with van der Waals surface area (Å²) in [5.41, 5.74) is 5.07. The number of hydrogen-bond acceptors (Lipinski definition) is 1. The summed E-state index contributed by atoms with van der Waals surface area (Å²) in [5, 5.41) is 3.54. The highest BCUT2D eigenvalue weighted by molar-refractivity contribution is 5.31. The van der Waals surface area contributed by atoms with Gasteiger partial charge in [0.05, 0.1) is 0 Å². The Hall–Kier alpha value is -0.820. The third-order valence-electron chi connectivity index (χ3n) is 5.38. The molecule has 18 heavy (non-hydrogen) atoms. The van der Waals surface area contributed by atoms with Crippen molar-refractivity contribution in [1.29, 1.82) is 0 Å². The monoisotopic (exact) mass is 243 g/mol. The maximum absolute atomic E-state index is 3.54. The molecule has 1 aliphatic heterocycles. The van der Waals surface area contributed by atoms with E-state index in [1.807, 2.05) is 0 Å². The van der Waals surface area contributed by atoms with Crippen LogP contribution in [-0.4, -0.2) is 12.6 Å². The number of benzene rings is 1. The van der Waals surface area contributed by atoms with E-state index < -0.39 is 0 Å². The molecule has 1 nitrogen and oxygen atoms in total. The Morgan fingerprint density at radius 3 is 2.11 bits per heavy atom. The van der Waals surface area contributed by atoms with Crippen LogP contribution >= 0.6 is 0 Å². The molecule has 0 bridgehead atoms. The molecule has 2 aliphatic rings. The summed E-state index contributed by atoms with van der Waals surface area (Å²) in [4.78, 5) is 0. The van der Waals surface area contributed by atoms with E-state index in [2.05, 4.69) is 44.3 Å². The van der Waals surface area contributed by atoms with Crippen molar-refractivity contribution in [3.05, 3.63) is 34.9 Å². The standard InChI is InChI=1S/C17H25N/c1-12-8-13(2)10-16(9-12)15-4-6-17(7-5-15)11-18-14(17)3/h8-10,14-15,18H,4-7,11H2,1-3H3. The van der Waals surface area contributed by atoms with Crippen LogP contribution in [0.2, 0.25) is 0 Å². The largest absolute Gasteiger partial charge is 0.313 e. The first-order valence-electron chi connectivity index (χ1n) is 7.41. The molecule has 1 heteroatoms. The summed E-state index contributed by atoms with van der Waals surface area (Å²) in [7, 11) is 0. The molecule has 0 aromatic heterocycles. The van der Waals surface area contributed by atoms with Gasteiger partial charge >= 0.3 is 0 Å². The van der Waals surface area contributed by atoms with Crippen LogP contribution in [-0.2, 0) is 0 Å². The Bertz CT molecular complexity index is 421. The first-order valence-corrected chi connectivity index (χ1v) is 7.41. The first-order chi connectivity index (χ1) is 8.59. The van der Waals surface area contributed by atoms with Crippen molar-refractivity contribution >= 4 is 0 Å². The van der Waals surface area contributed by atoms with E-state index in [1.54, 1.807) is 5.56 Å². The van der Waals surface area contributed by atoms with Crippen LogP contribution in [0.5, 0.6) is 0 Å². The Labute approximate surface area is 111 Å². The zero-order valence-electron chi connectivity index (χ0n) is 11.9. The van der Waals surface area contributed by atoms with Gasteiger partial charge < -0.3 is 5.32 Å². The van der Waals surface area contributed by atoms with Crippen LogP contribution in [0.25, 0.3) is 0 Å². The van der Waals surface area contributed by atoms with Gasteiger partial charge in [-0.05, 0) is 63.4 Å². The van der Waals surface area contributed by atoms with Gasteiger partial charge in [0.1, 0.15) is 0 Å². The molecule has 1 spiro atoms. The highest BCUT2D eigenvalue weighted by Crippen LogP contribution is 2.48. The fraction of sp³-hybridized carbons (Fsp3) is 0.647. The summed E-state index contributed by atoms with van der Waals surface area (Å²) in [6.45, 7) is 8.06. The fourth-order valence-electron chi connectivity index (χ4n) is 3.98. The maximum Gasteiger partial charge on any atom is 0.0108 e. The predicted octanol–water partition coefficient (Wildman–Crippen LogP) is 3.94. The van der Waals surface area contributed by atoms with E-state index in [0.717, 1.165) is 12.0 Å². The molecular formula is C17H25N. The topological polar surface area (TPSA) is 12.0 Å². The van der Waals surface area contributed by atoms with Gasteiger partial charge in [0.25, 0.3) is 0 Å². The first kappa shape index (κ1) is 12.2. The van der Waals surface area contributed by atoms with E-state index >= 15 is 0 Å². The lowest BCUT2D eigenvalue weighted by Gasteiger charge is -2.53. The Morgan fingerprint density at radius 1 is 1.06 bits per heavy atom. The van der Waals surface area contributed by atoms with Crippen LogP contribution in [0, 0.1) is 19.3 Å². The van der Waals surface area contributed by atoms with Crippen molar-refractivity contribution in [3.63, 3.8) is 0 Å². The molecule has 1 aromatic rings. The predicted molar refractivity (Wildman–Crippen MR) is 77.0 cm³/mol. The minimum absolute atomic E-state index is 0.648. The van der Waals surface area contributed by atoms with E-state index in [0.29, 0.717) is 5.41 Å². The van der Waals surface area contributed by atoms with E-state index in [-0.39, 0.29) is 0 Å². The van der Waals surface area contributed by atoms with Crippen LogP contribution in [0.1, 0.15) is 55.2 Å². The van der Waals surface area contributed by atoms with Gasteiger partial charge in [0.15, 0.2) is 0 Å². The molecule has 0 amide bonds. The van der Waals surface area contributed by atoms with Crippen molar-refractivity contribution in [2.75, 3.05) is 6.54 Å². The summed E-state index contributed by atoms with van der Waals surface area (Å²) in [5.74, 6) is 0.807. The number of nitrogens with one attached hydrogen (secondary N) is 1. The highest BCUT2D eigenvalue weighted by atomic mass is 15.0. The smallest absolute Gasteiger partial charge is 0.0108 e. The minimum atomic E-state index is 0.648. The number of hydrogen-bond donors (Lipinski definition) is 1. The van der Waals surface area contributed by atoms with Crippen LogP contribution < -0.4 is 5.32 Å². The zero-order chi connectivity index (χ0) is 12.8. The Kier molecular flexibility index (Phi) is 2.97. The van der Waals surface area contributed by atoms with Crippen molar-refractivity contribution in [2.24, 2.45) is 5.41 Å². The molecular weight excluding hydrogens is 218 g/mol. The van der Waals surface area contributed by atoms with Gasteiger partial charge in [-0.15, -0.1) is 0 Å². The minimum Gasteiger partial charge on any atom is -0.313 e. The Balaban J connectivity index is 1.72. The van der Waals surface area contributed by atoms with Gasteiger partial charge in [0.2, 0.25) is 0 Å². The normalized spacial score (nSPS) is 35.5. The fourth-order valence-corrected chi connectivity index (χ4v) is 3.98. The molecule has 1 unspecified atom stereocenters.